The van der Waals surface area contributed by atoms with E-state index in [2.05, 4.69) is 42.9 Å². The number of carbonyl (C=O) groups is 1. The van der Waals surface area contributed by atoms with Crippen LogP contribution in [-0.2, 0) is 0 Å². The van der Waals surface area contributed by atoms with Crippen LogP contribution in [0.25, 0.3) is 0 Å². The van der Waals surface area contributed by atoms with E-state index in [1.807, 2.05) is 4.90 Å². The molecule has 1 N–H and O–H groups in total. The van der Waals surface area contributed by atoms with Gasteiger partial charge in [0.1, 0.15) is 0 Å². The molecule has 0 aromatic heterocycles. The first-order valence-electron chi connectivity index (χ1n) is 9.40. The molecule has 0 bridgehead atoms. The molecule has 2 saturated heterocycles. The fourth-order valence-electron chi connectivity index (χ4n) is 3.78. The van der Waals surface area contributed by atoms with Crippen molar-refractivity contribution in [3.8, 4) is 0 Å². The molecule has 5 nitrogen and oxygen atoms in total. The molecule has 1 atom stereocenters. The van der Waals surface area contributed by atoms with Crippen LogP contribution in [0.2, 0.25) is 0 Å². The molecule has 5 heteroatoms. The highest BCUT2D eigenvalue weighted by Gasteiger charge is 2.25. The lowest BCUT2D eigenvalue weighted by Crippen LogP contribution is -2.50. The van der Waals surface area contributed by atoms with Gasteiger partial charge in [0.2, 0.25) is 0 Å². The molecule has 0 spiro atoms. The van der Waals surface area contributed by atoms with Gasteiger partial charge in [-0.05, 0) is 45.1 Å². The van der Waals surface area contributed by atoms with Crippen molar-refractivity contribution in [2.45, 2.75) is 46.1 Å². The summed E-state index contributed by atoms with van der Waals surface area (Å²) in [6.07, 6.45) is 3.35. The molecular formula is C18H36N4O. The van der Waals surface area contributed by atoms with Gasteiger partial charge in [0, 0.05) is 51.9 Å². The molecule has 0 aliphatic carbocycles. The number of hydrogen-bond donors (Lipinski definition) is 1. The molecule has 2 rings (SSSR count). The van der Waals surface area contributed by atoms with Gasteiger partial charge in [0.05, 0.1) is 0 Å². The minimum absolute atomic E-state index is 0.135. The van der Waals surface area contributed by atoms with Gasteiger partial charge < -0.3 is 20.0 Å². The van der Waals surface area contributed by atoms with E-state index in [4.69, 9.17) is 0 Å². The fraction of sp³-hybridized carbons (Fsp3) is 0.944. The lowest BCUT2D eigenvalue weighted by Gasteiger charge is -2.38. The summed E-state index contributed by atoms with van der Waals surface area (Å²) in [5.74, 6) is 1.38. The number of urea groups is 1. The number of nitrogens with one attached hydrogen (secondary N) is 1. The zero-order chi connectivity index (χ0) is 16.8. The topological polar surface area (TPSA) is 38.8 Å². The average Bonchev–Trinajstić information content (AvgIpc) is 2.49. The molecule has 1 unspecified atom stereocenters. The Kier molecular flexibility index (Phi) is 7.15. The van der Waals surface area contributed by atoms with Crippen LogP contribution >= 0.6 is 0 Å². The predicted octanol–water partition coefficient (Wildman–Crippen LogP) is 2.09. The minimum Gasteiger partial charge on any atom is -0.336 e. The third-order valence-corrected chi connectivity index (χ3v) is 5.21. The van der Waals surface area contributed by atoms with Crippen molar-refractivity contribution >= 4 is 6.03 Å². The molecule has 0 aromatic carbocycles. The maximum atomic E-state index is 12.3. The summed E-state index contributed by atoms with van der Waals surface area (Å²) in [7, 11) is 2.20. The van der Waals surface area contributed by atoms with Gasteiger partial charge in [0.15, 0.2) is 0 Å². The van der Waals surface area contributed by atoms with E-state index < -0.39 is 0 Å². The van der Waals surface area contributed by atoms with Crippen molar-refractivity contribution in [3.63, 3.8) is 0 Å². The summed E-state index contributed by atoms with van der Waals surface area (Å²) in [5.41, 5.74) is 0. The van der Waals surface area contributed by atoms with Gasteiger partial charge in [-0.25, -0.2) is 4.79 Å². The Morgan fingerprint density at radius 3 is 2.22 bits per heavy atom. The third-order valence-electron chi connectivity index (χ3n) is 5.21. The van der Waals surface area contributed by atoms with Crippen LogP contribution in [0.1, 0.15) is 40.0 Å². The van der Waals surface area contributed by atoms with Crippen molar-refractivity contribution in [1.82, 2.24) is 20.0 Å². The van der Waals surface area contributed by atoms with Crippen molar-refractivity contribution in [2.24, 2.45) is 11.8 Å². The largest absolute Gasteiger partial charge is 0.336 e. The first-order chi connectivity index (χ1) is 10.9. The maximum absolute atomic E-state index is 12.3. The monoisotopic (exact) mass is 324 g/mol. The van der Waals surface area contributed by atoms with Gasteiger partial charge in [-0.15, -0.1) is 0 Å². The Labute approximate surface area is 142 Å². The number of amides is 2. The first kappa shape index (κ1) is 18.5. The van der Waals surface area contributed by atoms with Crippen LogP contribution in [-0.4, -0.2) is 79.6 Å². The Hall–Kier alpha value is -0.810. The van der Waals surface area contributed by atoms with Crippen molar-refractivity contribution in [1.29, 1.82) is 0 Å². The molecular weight excluding hydrogens is 288 g/mol. The molecule has 2 aliphatic rings. The van der Waals surface area contributed by atoms with Gasteiger partial charge >= 0.3 is 6.03 Å². The van der Waals surface area contributed by atoms with E-state index in [-0.39, 0.29) is 12.1 Å². The number of likely N-dealkylation sites (tertiary alicyclic amines) is 1. The summed E-state index contributed by atoms with van der Waals surface area (Å²) in [5, 5.41) is 3.15. The number of likely N-dealkylation sites (N-methyl/N-ethyl adjacent to an activating group) is 1. The van der Waals surface area contributed by atoms with Gasteiger partial charge in [-0.2, -0.15) is 0 Å². The van der Waals surface area contributed by atoms with Crippen LogP contribution in [0.4, 0.5) is 4.79 Å². The summed E-state index contributed by atoms with van der Waals surface area (Å²) in [6.45, 7) is 14.3. The molecule has 0 aromatic rings. The third kappa shape index (κ3) is 6.30. The average molecular weight is 325 g/mol. The fourth-order valence-corrected chi connectivity index (χ4v) is 3.78. The van der Waals surface area contributed by atoms with Crippen LogP contribution < -0.4 is 5.32 Å². The number of carbonyl (C=O) groups excluding carboxylic acids is 1. The minimum atomic E-state index is 0.135. The number of piperidine rings is 1. The zero-order valence-electron chi connectivity index (χ0n) is 15.6. The number of hydrogen-bond acceptors (Lipinski definition) is 3. The second-order valence-corrected chi connectivity index (χ2v) is 8.01. The second kappa shape index (κ2) is 8.88. The van der Waals surface area contributed by atoms with Crippen molar-refractivity contribution in [3.05, 3.63) is 0 Å². The Balaban J connectivity index is 1.66. The predicted molar refractivity (Wildman–Crippen MR) is 95.7 cm³/mol. The molecule has 134 valence electrons. The highest BCUT2D eigenvalue weighted by atomic mass is 16.2. The van der Waals surface area contributed by atoms with Crippen LogP contribution in [0.15, 0.2) is 0 Å². The SMILES string of the molecule is CC(C)CC(C)NC(=O)N1CCC(CN2CCN(C)CC2)CC1. The van der Waals surface area contributed by atoms with E-state index in [0.29, 0.717) is 5.92 Å². The van der Waals surface area contributed by atoms with E-state index in [1.165, 1.54) is 32.7 Å². The van der Waals surface area contributed by atoms with E-state index in [1.54, 1.807) is 0 Å². The molecule has 0 saturated carbocycles. The highest BCUT2D eigenvalue weighted by Crippen LogP contribution is 2.19. The summed E-state index contributed by atoms with van der Waals surface area (Å²) >= 11 is 0. The van der Waals surface area contributed by atoms with Gasteiger partial charge in [-0.3, -0.25) is 0 Å². The number of piperazine rings is 1. The summed E-state index contributed by atoms with van der Waals surface area (Å²) in [6, 6.07) is 0.404. The highest BCUT2D eigenvalue weighted by molar-refractivity contribution is 5.74. The zero-order valence-corrected chi connectivity index (χ0v) is 15.6. The van der Waals surface area contributed by atoms with E-state index >= 15 is 0 Å². The standard InChI is InChI=1S/C18H36N4O/c1-15(2)13-16(3)19-18(23)22-7-5-17(6-8-22)14-21-11-9-20(4)10-12-21/h15-17H,5-14H2,1-4H3,(H,19,23). The van der Waals surface area contributed by atoms with E-state index in [0.717, 1.165) is 38.3 Å². The maximum Gasteiger partial charge on any atom is 0.317 e. The van der Waals surface area contributed by atoms with Gasteiger partial charge in [0.25, 0.3) is 0 Å². The van der Waals surface area contributed by atoms with Crippen molar-refractivity contribution in [2.75, 3.05) is 52.9 Å². The Bertz CT molecular complexity index is 358. The smallest absolute Gasteiger partial charge is 0.317 e. The molecule has 2 fully saturated rings. The first-order valence-corrected chi connectivity index (χ1v) is 9.40. The molecule has 2 aliphatic heterocycles. The van der Waals surface area contributed by atoms with Crippen LogP contribution in [0, 0.1) is 11.8 Å². The van der Waals surface area contributed by atoms with E-state index in [9.17, 15) is 4.79 Å². The molecule has 23 heavy (non-hydrogen) atoms. The normalized spacial score (nSPS) is 23.3. The lowest BCUT2D eigenvalue weighted by molar-refractivity contribution is 0.110. The summed E-state index contributed by atoms with van der Waals surface area (Å²) in [4.78, 5) is 19.3. The summed E-state index contributed by atoms with van der Waals surface area (Å²) < 4.78 is 0. The number of rotatable bonds is 5. The number of nitrogens with zero attached hydrogens (tertiary/aromatic N) is 3. The molecule has 2 amide bonds. The van der Waals surface area contributed by atoms with Crippen LogP contribution in [0.5, 0.6) is 0 Å². The van der Waals surface area contributed by atoms with Crippen molar-refractivity contribution < 1.29 is 4.79 Å². The molecule has 2 heterocycles. The lowest BCUT2D eigenvalue weighted by atomic mass is 9.96. The Morgan fingerprint density at radius 1 is 1.04 bits per heavy atom. The Morgan fingerprint density at radius 2 is 1.65 bits per heavy atom. The van der Waals surface area contributed by atoms with Gasteiger partial charge in [-0.1, -0.05) is 13.8 Å². The molecule has 0 radical (unpaired) electrons. The quantitative estimate of drug-likeness (QED) is 0.842. The van der Waals surface area contributed by atoms with Crippen LogP contribution in [0.3, 0.4) is 0 Å². The second-order valence-electron chi connectivity index (χ2n) is 8.01.